The van der Waals surface area contributed by atoms with Crippen molar-refractivity contribution in [3.8, 4) is 0 Å². The summed E-state index contributed by atoms with van der Waals surface area (Å²) in [6, 6.07) is 3.79. The number of nitrogens with zero attached hydrogens (tertiary/aromatic N) is 6. The molecule has 2 saturated heterocycles. The van der Waals surface area contributed by atoms with Crippen molar-refractivity contribution in [2.24, 2.45) is 11.1 Å². The number of fused-ring (bicyclic) bond motifs is 2. The second kappa shape index (κ2) is 11.4. The molecule has 0 aromatic carbocycles. The number of aromatic amines is 1. The molecule has 0 bridgehead atoms. The first-order valence-corrected chi connectivity index (χ1v) is 13.8. The van der Waals surface area contributed by atoms with Crippen molar-refractivity contribution in [1.82, 2.24) is 30.5 Å². The number of anilines is 3. The third-order valence-electron chi connectivity index (χ3n) is 8.69. The van der Waals surface area contributed by atoms with Crippen LogP contribution in [0.5, 0.6) is 0 Å². The number of hydrogen-bond acceptors (Lipinski definition) is 10. The Morgan fingerprint density at radius 1 is 1.25 bits per heavy atom. The Balaban J connectivity index is 0.00000323. The van der Waals surface area contributed by atoms with Gasteiger partial charge in [-0.05, 0) is 38.3 Å². The van der Waals surface area contributed by atoms with Gasteiger partial charge in [-0.1, -0.05) is 6.92 Å². The topological polar surface area (TPSA) is 147 Å². The second-order valence-electron chi connectivity index (χ2n) is 11.1. The van der Waals surface area contributed by atoms with E-state index < -0.39 is 0 Å². The zero-order valence-electron chi connectivity index (χ0n) is 23.2. The van der Waals surface area contributed by atoms with E-state index in [-0.39, 0.29) is 41.8 Å². The zero-order chi connectivity index (χ0) is 27.1. The van der Waals surface area contributed by atoms with Gasteiger partial charge in [-0.3, -0.25) is 9.89 Å². The number of hydrogen-bond donors (Lipinski definition) is 3. The van der Waals surface area contributed by atoms with E-state index in [9.17, 15) is 4.79 Å². The number of halogens is 1. The van der Waals surface area contributed by atoms with Gasteiger partial charge in [0.05, 0.1) is 36.9 Å². The van der Waals surface area contributed by atoms with Crippen LogP contribution in [0.25, 0.3) is 11.2 Å². The van der Waals surface area contributed by atoms with Gasteiger partial charge in [0.1, 0.15) is 11.5 Å². The minimum absolute atomic E-state index is 0. The molecule has 3 aliphatic rings. The molecule has 6 heterocycles. The van der Waals surface area contributed by atoms with E-state index in [4.69, 9.17) is 30.2 Å². The lowest BCUT2D eigenvalue weighted by Gasteiger charge is -2.41. The van der Waals surface area contributed by atoms with Gasteiger partial charge < -0.3 is 30.3 Å². The molecule has 40 heavy (non-hydrogen) atoms. The minimum atomic E-state index is -0.205. The normalized spacial score (nSPS) is 23.8. The van der Waals surface area contributed by atoms with E-state index in [0.717, 1.165) is 68.5 Å². The molecule has 6 rings (SSSR count). The van der Waals surface area contributed by atoms with Crippen LogP contribution in [0.15, 0.2) is 18.3 Å². The highest BCUT2D eigenvalue weighted by Crippen LogP contribution is 2.42. The van der Waals surface area contributed by atoms with Gasteiger partial charge in [-0.2, -0.15) is 5.10 Å². The maximum Gasteiger partial charge on any atom is 0.269 e. The first-order valence-electron chi connectivity index (χ1n) is 13.8. The van der Waals surface area contributed by atoms with Crippen LogP contribution in [0.2, 0.25) is 0 Å². The number of aromatic nitrogens is 5. The predicted octanol–water partition coefficient (Wildman–Crippen LogP) is 2.52. The average molecular weight is 572 g/mol. The fraction of sp³-hybridized carbons (Fsp3) is 0.593. The Kier molecular flexibility index (Phi) is 8.14. The highest BCUT2D eigenvalue weighted by molar-refractivity contribution is 5.93. The van der Waals surface area contributed by atoms with Gasteiger partial charge in [-0.25, -0.2) is 15.0 Å². The molecule has 3 aromatic rings. The van der Waals surface area contributed by atoms with Gasteiger partial charge >= 0.3 is 0 Å². The number of nitrogens with two attached hydrogens (primary N) is 1. The molecule has 13 heteroatoms. The number of ether oxygens (including phenoxy) is 2. The van der Waals surface area contributed by atoms with Crippen LogP contribution in [0.3, 0.4) is 0 Å². The highest BCUT2D eigenvalue weighted by atomic mass is 35.5. The summed E-state index contributed by atoms with van der Waals surface area (Å²) < 4.78 is 10.9. The van der Waals surface area contributed by atoms with Crippen molar-refractivity contribution in [3.05, 3.63) is 29.7 Å². The van der Waals surface area contributed by atoms with Crippen molar-refractivity contribution in [2.75, 3.05) is 56.3 Å². The number of piperidine rings is 1. The molecule has 12 nitrogen and oxygen atoms in total. The summed E-state index contributed by atoms with van der Waals surface area (Å²) >= 11 is 0. The molecule has 2 fully saturated rings. The van der Waals surface area contributed by atoms with Crippen molar-refractivity contribution >= 4 is 46.8 Å². The van der Waals surface area contributed by atoms with Crippen LogP contribution in [0.1, 0.15) is 55.2 Å². The molecular formula is C27H38ClN9O3. The van der Waals surface area contributed by atoms with E-state index in [1.165, 1.54) is 0 Å². The predicted molar refractivity (Wildman–Crippen MR) is 155 cm³/mol. The number of carbonyl (C=O) groups excluding carboxylic acids is 1. The number of amides is 1. The average Bonchev–Trinajstić information content (AvgIpc) is 3.50. The van der Waals surface area contributed by atoms with Crippen LogP contribution in [-0.2, 0) is 9.47 Å². The van der Waals surface area contributed by atoms with Crippen LogP contribution in [-0.4, -0.2) is 89.7 Å². The summed E-state index contributed by atoms with van der Waals surface area (Å²) in [4.78, 5) is 31.4. The van der Waals surface area contributed by atoms with E-state index in [2.05, 4.69) is 39.2 Å². The Bertz CT molecular complexity index is 1360. The Morgan fingerprint density at radius 2 is 2.05 bits per heavy atom. The van der Waals surface area contributed by atoms with Crippen LogP contribution in [0, 0.1) is 5.41 Å². The molecule has 1 spiro atoms. The number of pyridine rings is 1. The van der Waals surface area contributed by atoms with Gasteiger partial charge in [-0.15, -0.1) is 12.4 Å². The Hall–Kier alpha value is -3.06. The second-order valence-corrected chi connectivity index (χ2v) is 11.1. The van der Waals surface area contributed by atoms with E-state index in [1.807, 2.05) is 12.3 Å². The molecule has 216 valence electrons. The van der Waals surface area contributed by atoms with Gasteiger partial charge in [0, 0.05) is 50.7 Å². The SMILES string of the molecule is COCCNC(=O)c1ccc2c(n1)C(C)CCN2c1n[nH]c2nc(N3CCC4(CC3)CO[C@@H](C)[C@H]4N)cnc12.Cl. The zero-order valence-corrected chi connectivity index (χ0v) is 24.0. The lowest BCUT2D eigenvalue weighted by atomic mass is 9.73. The summed E-state index contributed by atoms with van der Waals surface area (Å²) in [6.07, 6.45) is 4.79. The van der Waals surface area contributed by atoms with E-state index >= 15 is 0 Å². The van der Waals surface area contributed by atoms with E-state index in [0.29, 0.717) is 30.0 Å². The molecular weight excluding hydrogens is 534 g/mol. The fourth-order valence-electron chi connectivity index (χ4n) is 6.12. The Labute approximate surface area is 239 Å². The van der Waals surface area contributed by atoms with Crippen molar-refractivity contribution in [3.63, 3.8) is 0 Å². The summed E-state index contributed by atoms with van der Waals surface area (Å²) in [7, 11) is 1.61. The third kappa shape index (κ3) is 4.98. The maximum absolute atomic E-state index is 12.6. The van der Waals surface area contributed by atoms with Crippen LogP contribution in [0.4, 0.5) is 17.3 Å². The summed E-state index contributed by atoms with van der Waals surface area (Å²) in [5, 5.41) is 10.6. The smallest absolute Gasteiger partial charge is 0.269 e. The van der Waals surface area contributed by atoms with Crippen molar-refractivity contribution in [1.29, 1.82) is 0 Å². The van der Waals surface area contributed by atoms with Gasteiger partial charge in [0.15, 0.2) is 17.0 Å². The fourth-order valence-corrected chi connectivity index (χ4v) is 6.12. The highest BCUT2D eigenvalue weighted by Gasteiger charge is 2.47. The first-order chi connectivity index (χ1) is 18.9. The largest absolute Gasteiger partial charge is 0.383 e. The third-order valence-corrected chi connectivity index (χ3v) is 8.69. The summed E-state index contributed by atoms with van der Waals surface area (Å²) in [6.45, 7) is 8.35. The van der Waals surface area contributed by atoms with E-state index in [1.54, 1.807) is 13.2 Å². The quantitative estimate of drug-likeness (QED) is 0.377. The van der Waals surface area contributed by atoms with Crippen molar-refractivity contribution in [2.45, 2.75) is 51.2 Å². The number of H-pyrrole nitrogens is 1. The molecule has 3 aromatic heterocycles. The van der Waals surface area contributed by atoms with Crippen LogP contribution >= 0.6 is 12.4 Å². The molecule has 0 aliphatic carbocycles. The molecule has 0 saturated carbocycles. The number of nitrogens with one attached hydrogen (secondary N) is 2. The lowest BCUT2D eigenvalue weighted by molar-refractivity contribution is 0.0931. The maximum atomic E-state index is 12.6. The molecule has 3 atom stereocenters. The summed E-state index contributed by atoms with van der Waals surface area (Å²) in [5.41, 5.74) is 10.1. The number of methoxy groups -OCH3 is 1. The van der Waals surface area contributed by atoms with Crippen LogP contribution < -0.4 is 20.9 Å². The molecule has 0 radical (unpaired) electrons. The van der Waals surface area contributed by atoms with Gasteiger partial charge in [0.2, 0.25) is 0 Å². The molecule has 4 N–H and O–H groups in total. The monoisotopic (exact) mass is 571 g/mol. The van der Waals surface area contributed by atoms with Gasteiger partial charge in [0.25, 0.3) is 5.91 Å². The standard InChI is InChI=1S/C27H37N9O3.ClH/c1-16-6-10-36(19-5-4-18(31-21(16)19)26(37)29-9-13-38-3)25-22-24(33-34-25)32-20(14-30-22)35-11-7-27(8-12-35)15-39-17(2)23(27)28;/h4-5,14,16-17,23H,6-13,15,28H2,1-3H3,(H,29,37)(H,32,33,34);1H/t16?,17-,23+;/m0./s1. The lowest BCUT2D eigenvalue weighted by Crippen LogP contribution is -2.50. The first kappa shape index (κ1) is 28.5. The molecule has 1 amide bonds. The Morgan fingerprint density at radius 3 is 2.77 bits per heavy atom. The van der Waals surface area contributed by atoms with Crippen molar-refractivity contribution < 1.29 is 14.3 Å². The molecule has 1 unspecified atom stereocenters. The minimum Gasteiger partial charge on any atom is -0.383 e. The number of rotatable bonds is 6. The number of carbonyl (C=O) groups is 1. The molecule has 3 aliphatic heterocycles. The summed E-state index contributed by atoms with van der Waals surface area (Å²) in [5.74, 6) is 1.57.